The number of nitrogen functional groups attached to an aromatic ring is 1. The summed E-state index contributed by atoms with van der Waals surface area (Å²) in [7, 11) is 1.31. The number of hydrogen-bond acceptors (Lipinski definition) is 6. The molecule has 0 fully saturated rings. The van der Waals surface area contributed by atoms with Crippen molar-refractivity contribution in [3.8, 4) is 0 Å². The maximum Gasteiger partial charge on any atom is 0.360 e. The van der Waals surface area contributed by atoms with Crippen molar-refractivity contribution in [3.63, 3.8) is 0 Å². The van der Waals surface area contributed by atoms with Crippen LogP contribution in [0.25, 0.3) is 0 Å². The first-order valence-electron chi connectivity index (χ1n) is 5.80. The molecule has 0 aliphatic carbocycles. The highest BCUT2D eigenvalue weighted by Crippen LogP contribution is 2.27. The van der Waals surface area contributed by atoms with Gasteiger partial charge in [0.1, 0.15) is 16.6 Å². The van der Waals surface area contributed by atoms with Gasteiger partial charge in [-0.3, -0.25) is 0 Å². The number of imidazole rings is 1. The van der Waals surface area contributed by atoms with Crippen LogP contribution < -0.4 is 5.73 Å². The standard InChI is InChI=1S/C12H16N4O2S/c1-6-5-19-11(14-6)7(2)16-8(3)15-9(10(16)13)12(17)18-4/h5,7H,13H2,1-4H3. The highest BCUT2D eigenvalue weighted by atomic mass is 32.1. The number of nitrogens with two attached hydrogens (primary N) is 1. The third-order valence-corrected chi connectivity index (χ3v) is 4.02. The lowest BCUT2D eigenvalue weighted by Gasteiger charge is -2.14. The Labute approximate surface area is 115 Å². The number of rotatable bonds is 3. The van der Waals surface area contributed by atoms with Gasteiger partial charge in [0.25, 0.3) is 0 Å². The molecule has 0 amide bonds. The maximum atomic E-state index is 11.6. The van der Waals surface area contributed by atoms with Gasteiger partial charge in [-0.1, -0.05) is 0 Å². The smallest absolute Gasteiger partial charge is 0.360 e. The van der Waals surface area contributed by atoms with Gasteiger partial charge in [-0.2, -0.15) is 0 Å². The van der Waals surface area contributed by atoms with Crippen molar-refractivity contribution in [2.45, 2.75) is 26.8 Å². The van der Waals surface area contributed by atoms with Crippen molar-refractivity contribution < 1.29 is 9.53 Å². The summed E-state index contributed by atoms with van der Waals surface area (Å²) in [6, 6.07) is -0.0652. The number of thiazole rings is 1. The molecule has 2 aromatic rings. The van der Waals surface area contributed by atoms with Crippen LogP contribution in [0.3, 0.4) is 0 Å². The van der Waals surface area contributed by atoms with Crippen LogP contribution in [0.15, 0.2) is 5.38 Å². The summed E-state index contributed by atoms with van der Waals surface area (Å²) in [6.07, 6.45) is 0. The summed E-state index contributed by atoms with van der Waals surface area (Å²) in [5, 5.41) is 2.91. The van der Waals surface area contributed by atoms with Crippen molar-refractivity contribution in [2.75, 3.05) is 12.8 Å². The Morgan fingerprint density at radius 2 is 2.16 bits per heavy atom. The van der Waals surface area contributed by atoms with Crippen LogP contribution in [0.1, 0.15) is 40.0 Å². The molecule has 0 bridgehead atoms. The van der Waals surface area contributed by atoms with E-state index in [1.54, 1.807) is 22.8 Å². The van der Waals surface area contributed by atoms with E-state index in [1.807, 2.05) is 19.2 Å². The van der Waals surface area contributed by atoms with E-state index in [2.05, 4.69) is 14.7 Å². The summed E-state index contributed by atoms with van der Waals surface area (Å²) in [6.45, 7) is 5.72. The first kappa shape index (κ1) is 13.5. The number of carbonyl (C=O) groups excluding carboxylic acids is 1. The molecule has 19 heavy (non-hydrogen) atoms. The van der Waals surface area contributed by atoms with Crippen LogP contribution in [0.4, 0.5) is 5.82 Å². The molecule has 0 aromatic carbocycles. The van der Waals surface area contributed by atoms with Crippen LogP contribution in [0.2, 0.25) is 0 Å². The van der Waals surface area contributed by atoms with Gasteiger partial charge in [0, 0.05) is 11.1 Å². The van der Waals surface area contributed by atoms with Crippen LogP contribution in [0, 0.1) is 13.8 Å². The Hall–Kier alpha value is -1.89. The zero-order valence-electron chi connectivity index (χ0n) is 11.3. The minimum absolute atomic E-state index is 0.0652. The summed E-state index contributed by atoms with van der Waals surface area (Å²) >= 11 is 1.56. The summed E-state index contributed by atoms with van der Waals surface area (Å²) in [5.74, 6) is 0.449. The molecular formula is C12H16N4O2S. The number of aromatic nitrogens is 3. The molecule has 6 nitrogen and oxygen atoms in total. The largest absolute Gasteiger partial charge is 0.464 e. The molecule has 1 unspecified atom stereocenters. The molecule has 0 radical (unpaired) electrons. The van der Waals surface area contributed by atoms with Crippen molar-refractivity contribution in [3.05, 3.63) is 27.6 Å². The fourth-order valence-corrected chi connectivity index (χ4v) is 2.81. The van der Waals surface area contributed by atoms with Gasteiger partial charge in [0.2, 0.25) is 0 Å². The zero-order valence-corrected chi connectivity index (χ0v) is 12.1. The molecule has 2 N–H and O–H groups in total. The average molecular weight is 280 g/mol. The predicted octanol–water partition coefficient (Wildman–Crippen LogP) is 1.93. The van der Waals surface area contributed by atoms with Gasteiger partial charge in [-0.05, 0) is 20.8 Å². The second kappa shape index (κ2) is 5.00. The van der Waals surface area contributed by atoms with E-state index in [-0.39, 0.29) is 11.7 Å². The first-order chi connectivity index (χ1) is 8.95. The molecule has 0 saturated heterocycles. The normalized spacial score (nSPS) is 12.4. The molecular weight excluding hydrogens is 264 g/mol. The number of aryl methyl sites for hydroxylation is 2. The molecule has 102 valence electrons. The molecule has 0 saturated carbocycles. The number of methoxy groups -OCH3 is 1. The predicted molar refractivity (Wildman–Crippen MR) is 73.4 cm³/mol. The zero-order chi connectivity index (χ0) is 14.2. The van der Waals surface area contributed by atoms with Crippen LogP contribution in [-0.4, -0.2) is 27.6 Å². The Morgan fingerprint density at radius 1 is 1.47 bits per heavy atom. The molecule has 2 heterocycles. The highest BCUT2D eigenvalue weighted by Gasteiger charge is 2.23. The number of anilines is 1. The number of hydrogen-bond donors (Lipinski definition) is 1. The van der Waals surface area contributed by atoms with Crippen molar-refractivity contribution in [2.24, 2.45) is 0 Å². The minimum Gasteiger partial charge on any atom is -0.464 e. The van der Waals surface area contributed by atoms with Gasteiger partial charge in [-0.15, -0.1) is 11.3 Å². The Balaban J connectivity index is 2.45. The highest BCUT2D eigenvalue weighted by molar-refractivity contribution is 7.09. The summed E-state index contributed by atoms with van der Waals surface area (Å²) < 4.78 is 6.46. The van der Waals surface area contributed by atoms with E-state index in [9.17, 15) is 4.79 Å². The summed E-state index contributed by atoms with van der Waals surface area (Å²) in [5.41, 5.74) is 7.12. The molecule has 7 heteroatoms. The minimum atomic E-state index is -0.526. The third kappa shape index (κ3) is 2.33. The van der Waals surface area contributed by atoms with E-state index >= 15 is 0 Å². The Kier molecular flexibility index (Phi) is 3.57. The molecule has 2 rings (SSSR count). The lowest BCUT2D eigenvalue weighted by atomic mass is 10.3. The molecule has 0 aliphatic rings. The summed E-state index contributed by atoms with van der Waals surface area (Å²) in [4.78, 5) is 20.2. The average Bonchev–Trinajstić information content (AvgIpc) is 2.92. The second-order valence-corrected chi connectivity index (χ2v) is 5.15. The molecule has 0 aliphatic heterocycles. The van der Waals surface area contributed by atoms with Crippen LogP contribution in [0.5, 0.6) is 0 Å². The number of esters is 1. The second-order valence-electron chi connectivity index (χ2n) is 4.26. The maximum absolute atomic E-state index is 11.6. The van der Waals surface area contributed by atoms with E-state index in [1.165, 1.54) is 7.11 Å². The number of nitrogens with zero attached hydrogens (tertiary/aromatic N) is 3. The molecule has 0 spiro atoms. The Morgan fingerprint density at radius 3 is 2.68 bits per heavy atom. The fourth-order valence-electron chi connectivity index (χ4n) is 1.97. The van der Waals surface area contributed by atoms with Crippen molar-refractivity contribution in [1.29, 1.82) is 0 Å². The van der Waals surface area contributed by atoms with E-state index < -0.39 is 5.97 Å². The van der Waals surface area contributed by atoms with E-state index in [0.717, 1.165) is 10.7 Å². The van der Waals surface area contributed by atoms with E-state index in [0.29, 0.717) is 11.6 Å². The molecule has 1 atom stereocenters. The lowest BCUT2D eigenvalue weighted by molar-refractivity contribution is 0.0595. The SMILES string of the molecule is COC(=O)c1nc(C)n(C(C)c2nc(C)cs2)c1N. The van der Waals surface area contributed by atoms with Gasteiger partial charge in [0.15, 0.2) is 5.69 Å². The number of ether oxygens (including phenoxy) is 1. The third-order valence-electron chi connectivity index (χ3n) is 2.88. The first-order valence-corrected chi connectivity index (χ1v) is 6.68. The quantitative estimate of drug-likeness (QED) is 0.869. The topological polar surface area (TPSA) is 83.0 Å². The van der Waals surface area contributed by atoms with Crippen molar-refractivity contribution in [1.82, 2.24) is 14.5 Å². The van der Waals surface area contributed by atoms with Crippen molar-refractivity contribution >= 4 is 23.1 Å². The monoisotopic (exact) mass is 280 g/mol. The van der Waals surface area contributed by atoms with Crippen LogP contribution in [-0.2, 0) is 4.74 Å². The van der Waals surface area contributed by atoms with Gasteiger partial charge in [0.05, 0.1) is 13.2 Å². The van der Waals surface area contributed by atoms with Gasteiger partial charge < -0.3 is 15.0 Å². The van der Waals surface area contributed by atoms with Gasteiger partial charge in [-0.25, -0.2) is 14.8 Å². The fraction of sp³-hybridized carbons (Fsp3) is 0.417. The molecule has 2 aromatic heterocycles. The lowest BCUT2D eigenvalue weighted by Crippen LogP contribution is -2.13. The van der Waals surface area contributed by atoms with E-state index in [4.69, 9.17) is 5.73 Å². The van der Waals surface area contributed by atoms with Gasteiger partial charge >= 0.3 is 5.97 Å². The van der Waals surface area contributed by atoms with Crippen LogP contribution >= 0.6 is 11.3 Å². The Bertz CT molecular complexity index is 617. The number of carbonyl (C=O) groups is 1.